The normalized spacial score (nSPS) is 10.3. The third kappa shape index (κ3) is 2.40. The lowest BCUT2D eigenvalue weighted by Gasteiger charge is -2.05. The summed E-state index contributed by atoms with van der Waals surface area (Å²) in [5, 5.41) is 8.61. The molecule has 74 valence electrons. The Kier molecular flexibility index (Phi) is 3.78. The maximum Gasteiger partial charge on any atom is 0.281 e. The second kappa shape index (κ2) is 4.67. The number of alkyl halides is 2. The monoisotopic (exact) mass is 280 g/mol. The van der Waals surface area contributed by atoms with Crippen LogP contribution in [-0.4, -0.2) is 4.98 Å². The van der Waals surface area contributed by atoms with Crippen molar-refractivity contribution in [1.29, 1.82) is 5.26 Å². The van der Waals surface area contributed by atoms with Gasteiger partial charge in [-0.2, -0.15) is 5.26 Å². The van der Waals surface area contributed by atoms with Crippen LogP contribution < -0.4 is 0 Å². The van der Waals surface area contributed by atoms with Crippen LogP contribution in [0.2, 0.25) is 5.02 Å². The Hall–Kier alpha value is -0.730. The fraction of sp³-hybridized carbons (Fsp3) is 0.250. The van der Waals surface area contributed by atoms with Crippen LogP contribution in [0.4, 0.5) is 8.78 Å². The van der Waals surface area contributed by atoms with Crippen LogP contribution in [0.25, 0.3) is 0 Å². The molecule has 1 rings (SSSR count). The molecular weight excluding hydrogens is 277 g/mol. The third-order valence-electron chi connectivity index (χ3n) is 1.48. The molecule has 0 bridgehead atoms. The molecule has 14 heavy (non-hydrogen) atoms. The first-order valence-corrected chi connectivity index (χ1v) is 4.73. The average molecular weight is 281 g/mol. The molecule has 1 aromatic heterocycles. The minimum atomic E-state index is -2.68. The molecule has 0 N–H and O–H groups in total. The number of nitrogens with zero attached hydrogens (tertiary/aromatic N) is 2. The van der Waals surface area contributed by atoms with E-state index in [2.05, 4.69) is 20.9 Å². The Balaban J connectivity index is 3.21. The van der Waals surface area contributed by atoms with Crippen molar-refractivity contribution in [2.45, 2.75) is 12.8 Å². The molecule has 0 atom stereocenters. The molecule has 0 saturated carbocycles. The minimum Gasteiger partial charge on any atom is -0.248 e. The van der Waals surface area contributed by atoms with E-state index in [0.29, 0.717) is 0 Å². The van der Waals surface area contributed by atoms with Gasteiger partial charge in [0.1, 0.15) is 5.69 Å². The number of hydrogen-bond acceptors (Lipinski definition) is 2. The van der Waals surface area contributed by atoms with Gasteiger partial charge < -0.3 is 0 Å². The van der Waals surface area contributed by atoms with Gasteiger partial charge in [0.25, 0.3) is 6.43 Å². The zero-order valence-electron chi connectivity index (χ0n) is 6.77. The van der Waals surface area contributed by atoms with E-state index in [0.717, 1.165) is 0 Å². The summed E-state index contributed by atoms with van der Waals surface area (Å²) in [7, 11) is 0. The summed E-state index contributed by atoms with van der Waals surface area (Å²) in [5.74, 6) is 0. The van der Waals surface area contributed by atoms with Crippen LogP contribution in [0.1, 0.15) is 17.8 Å². The topological polar surface area (TPSA) is 36.7 Å². The highest BCUT2D eigenvalue weighted by Crippen LogP contribution is 2.29. The van der Waals surface area contributed by atoms with Crippen LogP contribution >= 0.6 is 27.5 Å². The Bertz CT molecular complexity index is 390. The van der Waals surface area contributed by atoms with Crippen molar-refractivity contribution in [3.05, 3.63) is 26.9 Å². The number of halogens is 4. The second-order valence-electron chi connectivity index (χ2n) is 2.42. The molecule has 1 aromatic rings. The molecule has 0 fully saturated rings. The van der Waals surface area contributed by atoms with Crippen LogP contribution in [0.3, 0.4) is 0 Å². The molecular formula is C8H4BrClF2N2. The molecule has 0 aliphatic carbocycles. The molecule has 0 aromatic carbocycles. The first-order valence-electron chi connectivity index (χ1n) is 3.56. The zero-order chi connectivity index (χ0) is 10.7. The summed E-state index contributed by atoms with van der Waals surface area (Å²) < 4.78 is 24.9. The fourth-order valence-electron chi connectivity index (χ4n) is 0.873. The summed E-state index contributed by atoms with van der Waals surface area (Å²) in [5.41, 5.74) is -0.215. The lowest BCUT2D eigenvalue weighted by molar-refractivity contribution is 0.145. The van der Waals surface area contributed by atoms with Crippen molar-refractivity contribution < 1.29 is 8.78 Å². The standard InChI is InChI=1S/C8H4BrClF2N2/c9-4-3-5(10)6(1-2-13)14-7(4)8(11)12/h3,8H,1H2. The largest absolute Gasteiger partial charge is 0.281 e. The lowest BCUT2D eigenvalue weighted by atomic mass is 10.2. The molecule has 0 spiro atoms. The maximum absolute atomic E-state index is 12.4. The van der Waals surface area contributed by atoms with Gasteiger partial charge in [0.05, 0.1) is 23.2 Å². The van der Waals surface area contributed by atoms with Crippen LogP contribution in [0, 0.1) is 11.3 Å². The predicted octanol–water partition coefficient (Wildman–Crippen LogP) is 3.50. The summed E-state index contributed by atoms with van der Waals surface area (Å²) in [6.07, 6.45) is -2.76. The van der Waals surface area contributed by atoms with Crippen LogP contribution in [0.5, 0.6) is 0 Å². The molecule has 0 radical (unpaired) electrons. The van der Waals surface area contributed by atoms with Gasteiger partial charge in [-0.25, -0.2) is 13.8 Å². The molecule has 6 heteroatoms. The van der Waals surface area contributed by atoms with Gasteiger partial charge in [0, 0.05) is 4.47 Å². The van der Waals surface area contributed by atoms with Crippen molar-refractivity contribution >= 4 is 27.5 Å². The van der Waals surface area contributed by atoms with E-state index in [1.807, 2.05) is 0 Å². The second-order valence-corrected chi connectivity index (χ2v) is 3.68. The fourth-order valence-corrected chi connectivity index (χ4v) is 1.71. The lowest BCUT2D eigenvalue weighted by Crippen LogP contribution is -1.98. The first kappa shape index (κ1) is 11.3. The smallest absolute Gasteiger partial charge is 0.248 e. The molecule has 0 saturated heterocycles. The number of pyridine rings is 1. The van der Waals surface area contributed by atoms with E-state index in [1.54, 1.807) is 6.07 Å². The summed E-state index contributed by atoms with van der Waals surface area (Å²) in [6, 6.07) is 3.13. The summed E-state index contributed by atoms with van der Waals surface area (Å²) >= 11 is 8.62. The van der Waals surface area contributed by atoms with Gasteiger partial charge in [0.2, 0.25) is 0 Å². The molecule has 0 amide bonds. The van der Waals surface area contributed by atoms with Crippen molar-refractivity contribution in [2.24, 2.45) is 0 Å². The van der Waals surface area contributed by atoms with Crippen LogP contribution in [-0.2, 0) is 6.42 Å². The number of hydrogen-bond donors (Lipinski definition) is 0. The molecule has 0 unspecified atom stereocenters. The van der Waals surface area contributed by atoms with Crippen molar-refractivity contribution in [3.63, 3.8) is 0 Å². The van der Waals surface area contributed by atoms with Gasteiger partial charge in [0.15, 0.2) is 0 Å². The van der Waals surface area contributed by atoms with Gasteiger partial charge >= 0.3 is 0 Å². The highest BCUT2D eigenvalue weighted by Gasteiger charge is 2.16. The first-order chi connectivity index (χ1) is 6.56. The van der Waals surface area contributed by atoms with E-state index in [1.165, 1.54) is 6.07 Å². The summed E-state index contributed by atoms with van der Waals surface area (Å²) in [4.78, 5) is 3.61. The van der Waals surface area contributed by atoms with Crippen LogP contribution in [0.15, 0.2) is 10.5 Å². The van der Waals surface area contributed by atoms with Gasteiger partial charge in [-0.05, 0) is 22.0 Å². The van der Waals surface area contributed by atoms with E-state index < -0.39 is 6.43 Å². The Labute approximate surface area is 92.6 Å². The predicted molar refractivity (Wildman–Crippen MR) is 51.2 cm³/mol. The number of nitriles is 1. The molecule has 0 aliphatic rings. The van der Waals surface area contributed by atoms with Gasteiger partial charge in [-0.3, -0.25) is 0 Å². The molecule has 2 nitrogen and oxygen atoms in total. The van der Waals surface area contributed by atoms with E-state index in [-0.39, 0.29) is 27.3 Å². The number of aromatic nitrogens is 1. The Morgan fingerprint density at radius 2 is 2.29 bits per heavy atom. The minimum absolute atomic E-state index is 0.0775. The van der Waals surface area contributed by atoms with Crippen molar-refractivity contribution in [3.8, 4) is 6.07 Å². The van der Waals surface area contributed by atoms with E-state index in [9.17, 15) is 8.78 Å². The Morgan fingerprint density at radius 1 is 1.64 bits per heavy atom. The van der Waals surface area contributed by atoms with Crippen molar-refractivity contribution in [2.75, 3.05) is 0 Å². The van der Waals surface area contributed by atoms with Gasteiger partial charge in [-0.15, -0.1) is 0 Å². The third-order valence-corrected chi connectivity index (χ3v) is 2.44. The highest BCUT2D eigenvalue weighted by molar-refractivity contribution is 9.10. The molecule has 1 heterocycles. The quantitative estimate of drug-likeness (QED) is 0.832. The highest BCUT2D eigenvalue weighted by atomic mass is 79.9. The van der Waals surface area contributed by atoms with E-state index in [4.69, 9.17) is 16.9 Å². The Morgan fingerprint density at radius 3 is 2.79 bits per heavy atom. The summed E-state index contributed by atoms with van der Waals surface area (Å²) in [6.45, 7) is 0. The SMILES string of the molecule is N#CCc1nc(C(F)F)c(Br)cc1Cl. The van der Waals surface area contributed by atoms with Gasteiger partial charge in [-0.1, -0.05) is 11.6 Å². The zero-order valence-corrected chi connectivity index (χ0v) is 9.11. The maximum atomic E-state index is 12.4. The average Bonchev–Trinajstić information content (AvgIpc) is 2.09. The molecule has 0 aliphatic heterocycles. The van der Waals surface area contributed by atoms with Crippen molar-refractivity contribution in [1.82, 2.24) is 4.98 Å². The van der Waals surface area contributed by atoms with E-state index >= 15 is 0 Å². The number of rotatable bonds is 2.